The first-order valence-corrected chi connectivity index (χ1v) is 6.47. The topological polar surface area (TPSA) is 105 Å². The summed E-state index contributed by atoms with van der Waals surface area (Å²) >= 11 is 0. The predicted octanol–water partition coefficient (Wildman–Crippen LogP) is 2.67. The van der Waals surface area contributed by atoms with Crippen molar-refractivity contribution in [3.63, 3.8) is 0 Å². The number of non-ortho nitro benzene ring substituents is 1. The highest BCUT2D eigenvalue weighted by Crippen LogP contribution is 2.29. The molecular weight excluding hydrogens is 274 g/mol. The molecule has 1 aromatic carbocycles. The number of benzene rings is 1. The Balaban J connectivity index is 2.27. The van der Waals surface area contributed by atoms with Crippen molar-refractivity contribution in [2.75, 3.05) is 11.9 Å². The summed E-state index contributed by atoms with van der Waals surface area (Å²) in [6.07, 6.45) is 1.63. The third kappa shape index (κ3) is 3.44. The zero-order chi connectivity index (χ0) is 15.4. The van der Waals surface area contributed by atoms with Crippen LogP contribution in [0.15, 0.2) is 30.5 Å². The molecule has 0 saturated heterocycles. The van der Waals surface area contributed by atoms with Gasteiger partial charge in [0, 0.05) is 25.2 Å². The molecule has 0 aliphatic carbocycles. The number of nitrogens with one attached hydrogen (secondary N) is 1. The summed E-state index contributed by atoms with van der Waals surface area (Å²) in [5.74, 6) is -0.910. The molecule has 110 valence electrons. The van der Waals surface area contributed by atoms with E-state index in [1.807, 2.05) is 6.92 Å². The molecule has 2 rings (SSSR count). The molecule has 2 aromatic rings. The van der Waals surface area contributed by atoms with Crippen LogP contribution in [0, 0.1) is 16.0 Å². The molecule has 1 atom stereocenters. The summed E-state index contributed by atoms with van der Waals surface area (Å²) in [7, 11) is 0. The van der Waals surface area contributed by atoms with Crippen molar-refractivity contribution in [3.05, 3.63) is 40.6 Å². The van der Waals surface area contributed by atoms with E-state index in [1.54, 1.807) is 24.4 Å². The lowest BCUT2D eigenvalue weighted by molar-refractivity contribution is -0.383. The smallest absolute Gasteiger partial charge is 0.303 e. The molecule has 2 N–H and O–H groups in total. The number of aliphatic carboxylic acids is 1. The molecule has 0 spiro atoms. The quantitative estimate of drug-likeness (QED) is 0.625. The monoisotopic (exact) mass is 289 g/mol. The molecule has 7 nitrogen and oxygen atoms in total. The van der Waals surface area contributed by atoms with Crippen LogP contribution in [0.4, 0.5) is 11.4 Å². The fourth-order valence-corrected chi connectivity index (χ4v) is 2.11. The Bertz CT molecular complexity index is 687. The lowest BCUT2D eigenvalue weighted by atomic mass is 10.1. The summed E-state index contributed by atoms with van der Waals surface area (Å²) in [5.41, 5.74) is 1.17. The van der Waals surface area contributed by atoms with Gasteiger partial charge >= 0.3 is 5.97 Å². The molecule has 0 fully saturated rings. The van der Waals surface area contributed by atoms with Crippen molar-refractivity contribution in [2.45, 2.75) is 13.3 Å². The molecule has 0 bridgehead atoms. The third-order valence-electron chi connectivity index (χ3n) is 3.11. The van der Waals surface area contributed by atoms with E-state index in [1.165, 1.54) is 6.07 Å². The van der Waals surface area contributed by atoms with Crippen molar-refractivity contribution in [1.82, 2.24) is 4.98 Å². The van der Waals surface area contributed by atoms with E-state index in [0.29, 0.717) is 23.1 Å². The molecule has 0 aliphatic rings. The van der Waals surface area contributed by atoms with Gasteiger partial charge in [0.1, 0.15) is 5.52 Å². The van der Waals surface area contributed by atoms with Gasteiger partial charge in [-0.25, -0.2) is 0 Å². The van der Waals surface area contributed by atoms with Crippen molar-refractivity contribution in [1.29, 1.82) is 0 Å². The number of aromatic nitrogens is 1. The average molecular weight is 289 g/mol. The maximum absolute atomic E-state index is 11.0. The van der Waals surface area contributed by atoms with Crippen LogP contribution in [0.2, 0.25) is 0 Å². The highest BCUT2D eigenvalue weighted by Gasteiger charge is 2.15. The Morgan fingerprint density at radius 3 is 2.90 bits per heavy atom. The van der Waals surface area contributed by atoms with Gasteiger partial charge in [0.2, 0.25) is 0 Å². The van der Waals surface area contributed by atoms with E-state index >= 15 is 0 Å². The van der Waals surface area contributed by atoms with Gasteiger partial charge in [-0.3, -0.25) is 19.9 Å². The number of nitro benzene ring substituents is 1. The second kappa shape index (κ2) is 6.17. The van der Waals surface area contributed by atoms with Crippen molar-refractivity contribution in [3.8, 4) is 0 Å². The summed E-state index contributed by atoms with van der Waals surface area (Å²) in [6.45, 7) is 2.28. The number of hydrogen-bond donors (Lipinski definition) is 2. The Labute approximate surface area is 120 Å². The van der Waals surface area contributed by atoms with Gasteiger partial charge in [0.25, 0.3) is 5.69 Å². The number of pyridine rings is 1. The maximum Gasteiger partial charge on any atom is 0.303 e. The molecule has 21 heavy (non-hydrogen) atoms. The Morgan fingerprint density at radius 1 is 1.48 bits per heavy atom. The van der Waals surface area contributed by atoms with Crippen LogP contribution in [0.3, 0.4) is 0 Å². The van der Waals surface area contributed by atoms with E-state index in [-0.39, 0.29) is 18.0 Å². The largest absolute Gasteiger partial charge is 0.481 e. The van der Waals surface area contributed by atoms with E-state index in [0.717, 1.165) is 0 Å². The Kier molecular flexibility index (Phi) is 4.32. The normalized spacial score (nSPS) is 12.0. The van der Waals surface area contributed by atoms with Gasteiger partial charge in [-0.2, -0.15) is 0 Å². The Morgan fingerprint density at radius 2 is 2.24 bits per heavy atom. The van der Waals surface area contributed by atoms with Crippen LogP contribution in [0.25, 0.3) is 10.9 Å². The molecular formula is C14H15N3O4. The molecule has 1 aromatic heterocycles. The van der Waals surface area contributed by atoms with E-state index < -0.39 is 10.9 Å². The fourth-order valence-electron chi connectivity index (χ4n) is 2.11. The highest BCUT2D eigenvalue weighted by molar-refractivity contribution is 5.96. The number of nitro groups is 1. The van der Waals surface area contributed by atoms with Gasteiger partial charge in [-0.15, -0.1) is 0 Å². The van der Waals surface area contributed by atoms with Gasteiger partial charge in [0.15, 0.2) is 0 Å². The SMILES string of the molecule is CC(CNc1ccc([N+](=O)[O-])c2cccnc12)CC(=O)O. The average Bonchev–Trinajstić information content (AvgIpc) is 2.43. The van der Waals surface area contributed by atoms with Crippen LogP contribution >= 0.6 is 0 Å². The van der Waals surface area contributed by atoms with Gasteiger partial charge in [-0.05, 0) is 24.1 Å². The second-order valence-electron chi connectivity index (χ2n) is 4.87. The number of carboxylic acids is 1. The number of carboxylic acid groups (broad SMARTS) is 1. The second-order valence-corrected chi connectivity index (χ2v) is 4.87. The van der Waals surface area contributed by atoms with Crippen molar-refractivity contribution in [2.24, 2.45) is 5.92 Å². The minimum Gasteiger partial charge on any atom is -0.481 e. The summed E-state index contributed by atoms with van der Waals surface area (Å²) < 4.78 is 0. The molecule has 0 aliphatic heterocycles. The number of anilines is 1. The highest BCUT2D eigenvalue weighted by atomic mass is 16.6. The number of carbonyl (C=O) groups is 1. The van der Waals surface area contributed by atoms with E-state index in [9.17, 15) is 14.9 Å². The molecule has 7 heteroatoms. The Hall–Kier alpha value is -2.70. The summed E-state index contributed by atoms with van der Waals surface area (Å²) in [5, 5.41) is 23.3. The molecule has 0 radical (unpaired) electrons. The van der Waals surface area contributed by atoms with Crippen LogP contribution in [0.5, 0.6) is 0 Å². The number of nitrogens with zero attached hydrogens (tertiary/aromatic N) is 2. The minimum atomic E-state index is -0.851. The molecule has 1 unspecified atom stereocenters. The first-order chi connectivity index (χ1) is 9.99. The summed E-state index contributed by atoms with van der Waals surface area (Å²) in [4.78, 5) is 25.4. The summed E-state index contributed by atoms with van der Waals surface area (Å²) in [6, 6.07) is 6.31. The number of fused-ring (bicyclic) bond motifs is 1. The lowest BCUT2D eigenvalue weighted by Crippen LogP contribution is -2.15. The molecule has 0 amide bonds. The first kappa shape index (κ1) is 14.7. The first-order valence-electron chi connectivity index (χ1n) is 6.47. The number of hydrogen-bond acceptors (Lipinski definition) is 5. The van der Waals surface area contributed by atoms with Gasteiger partial charge < -0.3 is 10.4 Å². The van der Waals surface area contributed by atoms with Gasteiger partial charge in [-0.1, -0.05) is 6.92 Å². The van der Waals surface area contributed by atoms with Crippen LogP contribution in [-0.2, 0) is 4.79 Å². The van der Waals surface area contributed by atoms with Crippen molar-refractivity contribution >= 4 is 28.2 Å². The third-order valence-corrected chi connectivity index (χ3v) is 3.11. The lowest BCUT2D eigenvalue weighted by Gasteiger charge is -2.13. The minimum absolute atomic E-state index is 0.00207. The zero-order valence-electron chi connectivity index (χ0n) is 11.4. The van der Waals surface area contributed by atoms with Crippen LogP contribution in [-0.4, -0.2) is 27.5 Å². The predicted molar refractivity (Wildman–Crippen MR) is 78.3 cm³/mol. The van der Waals surface area contributed by atoms with E-state index in [4.69, 9.17) is 5.11 Å². The molecule has 0 saturated carbocycles. The van der Waals surface area contributed by atoms with E-state index in [2.05, 4.69) is 10.3 Å². The standard InChI is InChI=1S/C14H15N3O4/c1-9(7-13(18)19)8-16-11-4-5-12(17(20)21)10-3-2-6-15-14(10)11/h2-6,9,16H,7-8H2,1H3,(H,18,19). The van der Waals surface area contributed by atoms with Crippen molar-refractivity contribution < 1.29 is 14.8 Å². The molecule has 1 heterocycles. The van der Waals surface area contributed by atoms with Gasteiger partial charge in [0.05, 0.1) is 16.0 Å². The zero-order valence-corrected chi connectivity index (χ0v) is 11.4. The fraction of sp³-hybridized carbons (Fsp3) is 0.286. The maximum atomic E-state index is 11.0. The van der Waals surface area contributed by atoms with Crippen LogP contribution in [0.1, 0.15) is 13.3 Å². The van der Waals surface area contributed by atoms with Crippen LogP contribution < -0.4 is 5.32 Å². The number of rotatable bonds is 6.